The van der Waals surface area contributed by atoms with Gasteiger partial charge in [0.25, 0.3) is 0 Å². The first kappa shape index (κ1) is 24.6. The second-order valence-electron chi connectivity index (χ2n) is 8.35. The zero-order chi connectivity index (χ0) is 24.2. The number of aryl methyl sites for hydroxylation is 1. The Morgan fingerprint density at radius 3 is 2.79 bits per heavy atom. The Kier molecular flexibility index (Phi) is 7.64. The number of hydrogen-bond acceptors (Lipinski definition) is 5. The summed E-state index contributed by atoms with van der Waals surface area (Å²) in [7, 11) is 1.90. The molecule has 0 amide bonds. The zero-order valence-corrected chi connectivity index (χ0v) is 20.4. The Hall–Kier alpha value is -3.06. The monoisotopic (exact) mass is 483 g/mol. The van der Waals surface area contributed by atoms with Crippen molar-refractivity contribution >= 4 is 46.0 Å². The second kappa shape index (κ2) is 10.3. The van der Waals surface area contributed by atoms with Crippen molar-refractivity contribution in [2.75, 3.05) is 13.1 Å². The summed E-state index contributed by atoms with van der Waals surface area (Å²) >= 11 is 11.6. The van der Waals surface area contributed by atoms with Gasteiger partial charge in [-0.1, -0.05) is 11.6 Å². The Morgan fingerprint density at radius 1 is 1.42 bits per heavy atom. The van der Waals surface area contributed by atoms with Gasteiger partial charge in [0.15, 0.2) is 5.11 Å². The van der Waals surface area contributed by atoms with Gasteiger partial charge in [0.05, 0.1) is 41.2 Å². The van der Waals surface area contributed by atoms with Crippen LogP contribution in [0.15, 0.2) is 35.8 Å². The summed E-state index contributed by atoms with van der Waals surface area (Å²) in [6.07, 6.45) is 6.12. The van der Waals surface area contributed by atoms with E-state index in [1.165, 1.54) is 5.01 Å². The highest BCUT2D eigenvalue weighted by Crippen LogP contribution is 2.29. The van der Waals surface area contributed by atoms with E-state index >= 15 is 0 Å². The molecular formula is C23H26ClN7OS. The lowest BCUT2D eigenvalue weighted by atomic mass is 10.0. The van der Waals surface area contributed by atoms with Gasteiger partial charge >= 0.3 is 0 Å². The molecule has 0 saturated carbocycles. The minimum atomic E-state index is -0.872. The number of nitrogens with two attached hydrogens (primary N) is 1. The first-order valence-electron chi connectivity index (χ1n) is 10.4. The third-order valence-electron chi connectivity index (χ3n) is 5.11. The van der Waals surface area contributed by atoms with Crippen molar-refractivity contribution in [3.8, 4) is 11.4 Å². The van der Waals surface area contributed by atoms with E-state index in [4.69, 9.17) is 41.1 Å². The van der Waals surface area contributed by atoms with Crippen LogP contribution in [0.25, 0.3) is 27.1 Å². The SMILES string of the molecule is [C-]#[N+]CCc1cc2c(C=NN(CCC(C)(C)O)C(N)=S)cc(-c3cncn3C)nc2cc1Cl. The van der Waals surface area contributed by atoms with E-state index in [2.05, 4.69) is 14.9 Å². The molecular weight excluding hydrogens is 458 g/mol. The molecule has 0 bridgehead atoms. The molecule has 0 saturated heterocycles. The van der Waals surface area contributed by atoms with Crippen LogP contribution in [0.4, 0.5) is 0 Å². The summed E-state index contributed by atoms with van der Waals surface area (Å²) in [6, 6.07) is 5.68. The maximum atomic E-state index is 10.1. The molecule has 3 N–H and O–H groups in total. The fourth-order valence-electron chi connectivity index (χ4n) is 3.26. The van der Waals surface area contributed by atoms with Crippen LogP contribution in [0.2, 0.25) is 5.02 Å². The molecule has 0 atom stereocenters. The fourth-order valence-corrected chi connectivity index (χ4v) is 3.66. The number of imidazole rings is 1. The molecule has 0 spiro atoms. The Labute approximate surface area is 203 Å². The molecule has 8 nitrogen and oxygen atoms in total. The second-order valence-corrected chi connectivity index (χ2v) is 9.17. The van der Waals surface area contributed by atoms with Gasteiger partial charge in [0.1, 0.15) is 0 Å². The van der Waals surface area contributed by atoms with Crippen molar-refractivity contribution in [1.82, 2.24) is 19.5 Å². The van der Waals surface area contributed by atoms with Crippen LogP contribution in [0.3, 0.4) is 0 Å². The number of fused-ring (bicyclic) bond motifs is 1. The third-order valence-corrected chi connectivity index (χ3v) is 5.67. The lowest BCUT2D eigenvalue weighted by molar-refractivity contribution is 0.0649. The van der Waals surface area contributed by atoms with Crippen molar-refractivity contribution in [2.45, 2.75) is 32.3 Å². The molecule has 172 valence electrons. The maximum absolute atomic E-state index is 10.1. The number of nitrogens with zero attached hydrogens (tertiary/aromatic N) is 6. The maximum Gasteiger partial charge on any atom is 0.218 e. The molecule has 0 radical (unpaired) electrons. The molecule has 2 heterocycles. The van der Waals surface area contributed by atoms with Gasteiger partial charge in [-0.3, -0.25) is 0 Å². The van der Waals surface area contributed by atoms with Crippen LogP contribution in [0, 0.1) is 6.57 Å². The number of hydrogen-bond donors (Lipinski definition) is 2. The van der Waals surface area contributed by atoms with E-state index in [1.54, 1.807) is 32.6 Å². The lowest BCUT2D eigenvalue weighted by Crippen LogP contribution is -2.35. The molecule has 2 aromatic heterocycles. The summed E-state index contributed by atoms with van der Waals surface area (Å²) in [5.74, 6) is 0. The average Bonchev–Trinajstić information content (AvgIpc) is 3.16. The number of benzene rings is 1. The van der Waals surface area contributed by atoms with E-state index in [9.17, 15) is 5.11 Å². The van der Waals surface area contributed by atoms with E-state index in [0.717, 1.165) is 22.2 Å². The van der Waals surface area contributed by atoms with Crippen LogP contribution in [0.1, 0.15) is 31.4 Å². The molecule has 33 heavy (non-hydrogen) atoms. The van der Waals surface area contributed by atoms with E-state index in [0.29, 0.717) is 42.2 Å². The molecule has 0 aliphatic carbocycles. The predicted molar refractivity (Wildman–Crippen MR) is 136 cm³/mol. The highest BCUT2D eigenvalue weighted by atomic mass is 35.5. The topological polar surface area (TPSA) is 96.9 Å². The number of hydrazone groups is 1. The summed E-state index contributed by atoms with van der Waals surface area (Å²) in [5, 5.41) is 17.6. The van der Waals surface area contributed by atoms with Gasteiger partial charge in [0, 0.05) is 36.0 Å². The van der Waals surface area contributed by atoms with E-state index in [1.807, 2.05) is 29.8 Å². The van der Waals surface area contributed by atoms with Crippen molar-refractivity contribution in [3.63, 3.8) is 0 Å². The Morgan fingerprint density at radius 2 is 2.18 bits per heavy atom. The van der Waals surface area contributed by atoms with Gasteiger partial charge < -0.3 is 20.3 Å². The van der Waals surface area contributed by atoms with E-state index in [-0.39, 0.29) is 5.11 Å². The molecule has 3 rings (SSSR count). The minimum Gasteiger partial charge on any atom is -0.390 e. The largest absolute Gasteiger partial charge is 0.390 e. The van der Waals surface area contributed by atoms with Crippen LogP contribution in [-0.2, 0) is 13.5 Å². The van der Waals surface area contributed by atoms with Gasteiger partial charge in [-0.15, -0.1) is 0 Å². The minimum absolute atomic E-state index is 0.113. The predicted octanol–water partition coefficient (Wildman–Crippen LogP) is 3.79. The molecule has 0 aliphatic heterocycles. The zero-order valence-electron chi connectivity index (χ0n) is 18.8. The van der Waals surface area contributed by atoms with E-state index < -0.39 is 5.60 Å². The quantitative estimate of drug-likeness (QED) is 0.219. The van der Waals surface area contributed by atoms with Gasteiger partial charge in [-0.05, 0) is 56.2 Å². The summed E-state index contributed by atoms with van der Waals surface area (Å²) in [6.45, 7) is 11.2. The number of aromatic nitrogens is 3. The summed E-state index contributed by atoms with van der Waals surface area (Å²) in [5.41, 5.74) is 8.91. The molecule has 0 aliphatic rings. The smallest absolute Gasteiger partial charge is 0.218 e. The van der Waals surface area contributed by atoms with Gasteiger partial charge in [-0.25, -0.2) is 21.5 Å². The van der Waals surface area contributed by atoms with Crippen LogP contribution in [0.5, 0.6) is 0 Å². The molecule has 3 aromatic rings. The molecule has 1 aromatic carbocycles. The highest BCUT2D eigenvalue weighted by Gasteiger charge is 2.16. The average molecular weight is 484 g/mol. The first-order valence-corrected chi connectivity index (χ1v) is 11.1. The number of halogens is 1. The normalized spacial score (nSPS) is 11.8. The van der Waals surface area contributed by atoms with Crippen molar-refractivity contribution in [1.29, 1.82) is 0 Å². The number of thiocarbonyl (C=S) groups is 1. The highest BCUT2D eigenvalue weighted by molar-refractivity contribution is 7.80. The van der Waals surface area contributed by atoms with Crippen molar-refractivity contribution in [2.24, 2.45) is 17.9 Å². The van der Waals surface area contributed by atoms with Crippen molar-refractivity contribution < 1.29 is 5.11 Å². The van der Waals surface area contributed by atoms with Gasteiger partial charge in [0.2, 0.25) is 6.54 Å². The third kappa shape index (κ3) is 6.26. The summed E-state index contributed by atoms with van der Waals surface area (Å²) in [4.78, 5) is 12.4. The lowest BCUT2D eigenvalue weighted by Gasteiger charge is -2.22. The molecule has 0 fully saturated rings. The fraction of sp³-hybridized carbons (Fsp3) is 0.348. The Bertz CT molecular complexity index is 1240. The van der Waals surface area contributed by atoms with Crippen LogP contribution < -0.4 is 5.73 Å². The van der Waals surface area contributed by atoms with Crippen LogP contribution >= 0.6 is 23.8 Å². The summed E-state index contributed by atoms with van der Waals surface area (Å²) < 4.78 is 1.88. The van der Waals surface area contributed by atoms with Crippen molar-refractivity contribution in [3.05, 3.63) is 58.3 Å². The van der Waals surface area contributed by atoms with Gasteiger partial charge in [-0.2, -0.15) is 5.10 Å². The number of rotatable bonds is 8. The van der Waals surface area contributed by atoms with Crippen LogP contribution in [-0.4, -0.2) is 54.7 Å². The first-order chi connectivity index (χ1) is 15.6. The molecule has 10 heteroatoms. The molecule has 0 unspecified atom stereocenters. The number of aliphatic hydroxyl groups is 1. The standard InChI is InChI=1S/C23H26ClN7OS/c1-23(2,32)6-8-31(22(25)33)28-12-16-10-20(21-13-27-14-30(21)4)29-19-11-18(24)15(5-7-26-3)9-17(16)19/h9-14,32H,5-8H2,1-2,4H3,(H2,25,33). The Balaban J connectivity index is 2.11. The number of pyridine rings is 1.